The van der Waals surface area contributed by atoms with E-state index in [1.165, 1.54) is 20.3 Å². The minimum Gasteiger partial charge on any atom is -0.378 e. The largest absolute Gasteiger partial charge is 0.378 e. The maximum absolute atomic E-state index is 13.1. The molecule has 0 fully saturated rings. The van der Waals surface area contributed by atoms with Gasteiger partial charge in [0.25, 0.3) is 0 Å². The van der Waals surface area contributed by atoms with E-state index in [2.05, 4.69) is 5.32 Å². The van der Waals surface area contributed by atoms with Gasteiger partial charge in [-0.25, -0.2) is 4.39 Å². The second kappa shape index (κ2) is 5.57. The highest BCUT2D eigenvalue weighted by molar-refractivity contribution is 5.44. The van der Waals surface area contributed by atoms with Crippen molar-refractivity contribution in [1.29, 1.82) is 0 Å². The van der Waals surface area contributed by atoms with Crippen molar-refractivity contribution in [3.63, 3.8) is 0 Å². The summed E-state index contributed by atoms with van der Waals surface area (Å²) in [4.78, 5) is 0. The second-order valence-corrected chi connectivity index (χ2v) is 2.76. The number of rotatable bonds is 5. The SMILES string of the molecule is COC(CNc1ccccc1F)OC. The molecule has 14 heavy (non-hydrogen) atoms. The van der Waals surface area contributed by atoms with Crippen molar-refractivity contribution in [3.05, 3.63) is 30.1 Å². The predicted octanol–water partition coefficient (Wildman–Crippen LogP) is 1.86. The standard InChI is InChI=1S/C10H14FNO2/c1-13-10(14-2)7-12-9-6-4-3-5-8(9)11/h3-6,10,12H,7H2,1-2H3. The maximum atomic E-state index is 13.1. The minimum absolute atomic E-state index is 0.279. The first-order valence-corrected chi connectivity index (χ1v) is 4.32. The smallest absolute Gasteiger partial charge is 0.173 e. The molecule has 0 aliphatic rings. The van der Waals surface area contributed by atoms with Gasteiger partial charge < -0.3 is 14.8 Å². The Kier molecular flexibility index (Phi) is 4.35. The average molecular weight is 199 g/mol. The Balaban J connectivity index is 2.49. The summed E-state index contributed by atoms with van der Waals surface area (Å²) in [7, 11) is 3.08. The van der Waals surface area contributed by atoms with Crippen molar-refractivity contribution >= 4 is 5.69 Å². The molecule has 0 heterocycles. The number of methoxy groups -OCH3 is 2. The molecule has 0 aliphatic heterocycles. The van der Waals surface area contributed by atoms with Crippen molar-refractivity contribution in [2.75, 3.05) is 26.1 Å². The number of anilines is 1. The minimum atomic E-state index is -0.366. The van der Waals surface area contributed by atoms with Gasteiger partial charge in [-0.15, -0.1) is 0 Å². The fourth-order valence-electron chi connectivity index (χ4n) is 1.06. The first-order valence-electron chi connectivity index (χ1n) is 4.32. The van der Waals surface area contributed by atoms with E-state index < -0.39 is 0 Å². The molecule has 3 nitrogen and oxygen atoms in total. The van der Waals surface area contributed by atoms with Crippen LogP contribution in [0, 0.1) is 5.82 Å². The number of benzene rings is 1. The molecule has 1 aromatic carbocycles. The van der Waals surface area contributed by atoms with Crippen LogP contribution in [0.2, 0.25) is 0 Å². The summed E-state index contributed by atoms with van der Waals surface area (Å²) in [5.74, 6) is -0.279. The van der Waals surface area contributed by atoms with E-state index in [9.17, 15) is 4.39 Å². The number of nitrogens with one attached hydrogen (secondary N) is 1. The van der Waals surface area contributed by atoms with Gasteiger partial charge in [-0.1, -0.05) is 12.1 Å². The Labute approximate surface area is 82.8 Å². The molecule has 0 saturated carbocycles. The van der Waals surface area contributed by atoms with Crippen molar-refractivity contribution in [2.45, 2.75) is 6.29 Å². The molecule has 0 atom stereocenters. The number of ether oxygens (including phenoxy) is 2. The molecule has 0 spiro atoms. The monoisotopic (exact) mass is 199 g/mol. The first-order chi connectivity index (χ1) is 6.77. The lowest BCUT2D eigenvalue weighted by Gasteiger charge is -2.15. The molecule has 0 radical (unpaired) electrons. The van der Waals surface area contributed by atoms with Crippen LogP contribution in [0.3, 0.4) is 0 Å². The molecule has 0 aliphatic carbocycles. The summed E-state index contributed by atoms with van der Waals surface area (Å²) in [6.45, 7) is 0.411. The predicted molar refractivity (Wildman–Crippen MR) is 52.7 cm³/mol. The van der Waals surface area contributed by atoms with Gasteiger partial charge in [-0.05, 0) is 12.1 Å². The summed E-state index contributed by atoms with van der Waals surface area (Å²) in [6, 6.07) is 6.47. The molecule has 4 heteroatoms. The van der Waals surface area contributed by atoms with Crippen LogP contribution in [0.25, 0.3) is 0 Å². The lowest BCUT2D eigenvalue weighted by atomic mass is 10.3. The Hall–Kier alpha value is -1.13. The van der Waals surface area contributed by atoms with Crippen molar-refractivity contribution in [1.82, 2.24) is 0 Å². The molecule has 0 amide bonds. The highest BCUT2D eigenvalue weighted by Gasteiger charge is 2.05. The van der Waals surface area contributed by atoms with Crippen LogP contribution < -0.4 is 5.32 Å². The van der Waals surface area contributed by atoms with E-state index >= 15 is 0 Å². The highest BCUT2D eigenvalue weighted by atomic mass is 19.1. The third-order valence-electron chi connectivity index (χ3n) is 1.86. The van der Waals surface area contributed by atoms with Crippen LogP contribution in [0.15, 0.2) is 24.3 Å². The number of hydrogen-bond donors (Lipinski definition) is 1. The lowest BCUT2D eigenvalue weighted by Crippen LogP contribution is -2.23. The fourth-order valence-corrected chi connectivity index (χ4v) is 1.06. The third-order valence-corrected chi connectivity index (χ3v) is 1.86. The van der Waals surface area contributed by atoms with Gasteiger partial charge in [0.2, 0.25) is 0 Å². The molecule has 1 rings (SSSR count). The summed E-state index contributed by atoms with van der Waals surface area (Å²) < 4.78 is 23.0. The van der Waals surface area contributed by atoms with Gasteiger partial charge >= 0.3 is 0 Å². The maximum Gasteiger partial charge on any atom is 0.173 e. The summed E-state index contributed by atoms with van der Waals surface area (Å²) in [5, 5.41) is 2.89. The van der Waals surface area contributed by atoms with Gasteiger partial charge in [-0.3, -0.25) is 0 Å². The van der Waals surface area contributed by atoms with Gasteiger partial charge in [0.15, 0.2) is 6.29 Å². The van der Waals surface area contributed by atoms with Crippen LogP contribution in [0.4, 0.5) is 10.1 Å². The molecule has 0 unspecified atom stereocenters. The zero-order chi connectivity index (χ0) is 10.4. The van der Waals surface area contributed by atoms with Gasteiger partial charge in [0.1, 0.15) is 5.82 Å². The van der Waals surface area contributed by atoms with Crippen LogP contribution in [-0.4, -0.2) is 27.1 Å². The normalized spacial score (nSPS) is 10.6. The molecule has 0 aromatic heterocycles. The highest BCUT2D eigenvalue weighted by Crippen LogP contribution is 2.12. The number of para-hydroxylation sites is 1. The average Bonchev–Trinajstić information content (AvgIpc) is 2.22. The molecule has 0 bridgehead atoms. The van der Waals surface area contributed by atoms with E-state index in [-0.39, 0.29) is 12.1 Å². The molecule has 78 valence electrons. The van der Waals surface area contributed by atoms with E-state index in [1.54, 1.807) is 18.2 Å². The number of halogens is 1. The number of hydrogen-bond acceptors (Lipinski definition) is 3. The Bertz CT molecular complexity index is 277. The van der Waals surface area contributed by atoms with E-state index in [0.717, 1.165) is 0 Å². The Morgan fingerprint density at radius 1 is 1.29 bits per heavy atom. The topological polar surface area (TPSA) is 30.5 Å². The molecular weight excluding hydrogens is 185 g/mol. The zero-order valence-corrected chi connectivity index (χ0v) is 8.29. The van der Waals surface area contributed by atoms with Crippen LogP contribution in [0.5, 0.6) is 0 Å². The fraction of sp³-hybridized carbons (Fsp3) is 0.400. The second-order valence-electron chi connectivity index (χ2n) is 2.76. The van der Waals surface area contributed by atoms with Gasteiger partial charge in [-0.2, -0.15) is 0 Å². The van der Waals surface area contributed by atoms with Gasteiger partial charge in [0.05, 0.1) is 12.2 Å². The molecule has 0 saturated heterocycles. The van der Waals surface area contributed by atoms with E-state index in [1.807, 2.05) is 0 Å². The van der Waals surface area contributed by atoms with Crippen molar-refractivity contribution in [3.8, 4) is 0 Å². The molecule has 1 N–H and O–H groups in total. The summed E-state index contributed by atoms with van der Waals surface area (Å²) in [5.41, 5.74) is 0.451. The quantitative estimate of drug-likeness (QED) is 0.734. The van der Waals surface area contributed by atoms with Crippen molar-refractivity contribution < 1.29 is 13.9 Å². The third kappa shape index (κ3) is 2.97. The van der Waals surface area contributed by atoms with Crippen LogP contribution in [0.1, 0.15) is 0 Å². The summed E-state index contributed by atoms with van der Waals surface area (Å²) in [6.07, 6.45) is -0.366. The van der Waals surface area contributed by atoms with E-state index in [4.69, 9.17) is 9.47 Å². The summed E-state index contributed by atoms with van der Waals surface area (Å²) >= 11 is 0. The van der Waals surface area contributed by atoms with Crippen LogP contribution in [-0.2, 0) is 9.47 Å². The van der Waals surface area contributed by atoms with E-state index in [0.29, 0.717) is 12.2 Å². The lowest BCUT2D eigenvalue weighted by molar-refractivity contribution is -0.0914. The Morgan fingerprint density at radius 3 is 2.50 bits per heavy atom. The molecule has 1 aromatic rings. The zero-order valence-electron chi connectivity index (χ0n) is 8.29. The first kappa shape index (κ1) is 10.9. The molecular formula is C10H14FNO2. The Morgan fingerprint density at radius 2 is 1.93 bits per heavy atom. The van der Waals surface area contributed by atoms with Gasteiger partial charge in [0, 0.05) is 14.2 Å². The van der Waals surface area contributed by atoms with Crippen LogP contribution >= 0.6 is 0 Å². The van der Waals surface area contributed by atoms with Crippen molar-refractivity contribution in [2.24, 2.45) is 0 Å².